The lowest BCUT2D eigenvalue weighted by molar-refractivity contribution is 0.179. The van der Waals surface area contributed by atoms with E-state index in [0.717, 1.165) is 31.1 Å². The van der Waals surface area contributed by atoms with Gasteiger partial charge in [-0.3, -0.25) is 0 Å². The molecule has 2 aromatic rings. The molecule has 1 fully saturated rings. The van der Waals surface area contributed by atoms with Crippen molar-refractivity contribution >= 4 is 22.4 Å². The number of halogens is 1. The average Bonchev–Trinajstić information content (AvgIpc) is 2.96. The number of hydrogen-bond acceptors (Lipinski definition) is 6. The van der Waals surface area contributed by atoms with Crippen molar-refractivity contribution in [3.8, 4) is 0 Å². The third-order valence-electron chi connectivity index (χ3n) is 3.68. The lowest BCUT2D eigenvalue weighted by Gasteiger charge is -2.34. The number of nitrogens with zero attached hydrogens (tertiary/aromatic N) is 3. The molecule has 1 aromatic carbocycles. The third-order valence-corrected chi connectivity index (χ3v) is 4.37. The molecule has 1 aliphatic rings. The van der Waals surface area contributed by atoms with E-state index >= 15 is 0 Å². The first kappa shape index (κ1) is 15.2. The van der Waals surface area contributed by atoms with Crippen molar-refractivity contribution in [2.24, 2.45) is 0 Å². The van der Waals surface area contributed by atoms with Gasteiger partial charge in [0.15, 0.2) is 5.82 Å². The minimum Gasteiger partial charge on any atom is -0.377 e. The van der Waals surface area contributed by atoms with Crippen molar-refractivity contribution in [2.45, 2.75) is 25.5 Å². The predicted molar refractivity (Wildman–Crippen MR) is 85.9 cm³/mol. The number of nitrogens with one attached hydrogen (secondary N) is 1. The number of aromatic nitrogens is 2. The fourth-order valence-electron chi connectivity index (χ4n) is 2.70. The van der Waals surface area contributed by atoms with Crippen molar-refractivity contribution in [1.29, 1.82) is 0 Å². The van der Waals surface area contributed by atoms with E-state index in [1.165, 1.54) is 17.6 Å². The van der Waals surface area contributed by atoms with Gasteiger partial charge in [0.05, 0.1) is 5.69 Å². The van der Waals surface area contributed by atoms with Crippen LogP contribution in [-0.2, 0) is 11.3 Å². The molecular formula is C15H19FN4OS. The maximum atomic E-state index is 13.9. The van der Waals surface area contributed by atoms with Crippen LogP contribution in [0.25, 0.3) is 0 Å². The molecule has 1 aromatic heterocycles. The first-order valence-corrected chi connectivity index (χ1v) is 8.11. The fraction of sp³-hybridized carbons (Fsp3) is 0.467. The Morgan fingerprint density at radius 3 is 3.14 bits per heavy atom. The Bertz CT molecular complexity index is 621. The zero-order valence-corrected chi connectivity index (χ0v) is 13.3. The summed E-state index contributed by atoms with van der Waals surface area (Å²) in [7, 11) is 1.63. The molecule has 0 bridgehead atoms. The van der Waals surface area contributed by atoms with Crippen LogP contribution in [0.1, 0.15) is 18.7 Å². The minimum atomic E-state index is -0.165. The summed E-state index contributed by atoms with van der Waals surface area (Å²) in [5, 5.41) is 4.20. The molecule has 0 amide bonds. The van der Waals surface area contributed by atoms with Crippen LogP contribution in [0.3, 0.4) is 0 Å². The summed E-state index contributed by atoms with van der Waals surface area (Å²) in [5.74, 6) is 0.526. The van der Waals surface area contributed by atoms with Gasteiger partial charge in [0.1, 0.15) is 12.4 Å². The molecule has 1 aliphatic heterocycles. The molecule has 0 aliphatic carbocycles. The van der Waals surface area contributed by atoms with Crippen molar-refractivity contribution in [1.82, 2.24) is 9.36 Å². The Hall–Kier alpha value is -1.73. The van der Waals surface area contributed by atoms with Gasteiger partial charge in [0.2, 0.25) is 5.13 Å². The first-order chi connectivity index (χ1) is 10.8. The molecule has 1 unspecified atom stereocenters. The van der Waals surface area contributed by atoms with Crippen LogP contribution in [-0.4, -0.2) is 35.6 Å². The molecule has 22 heavy (non-hydrogen) atoms. The van der Waals surface area contributed by atoms with Crippen molar-refractivity contribution in [3.63, 3.8) is 0 Å². The van der Waals surface area contributed by atoms with Crippen LogP contribution in [0, 0.1) is 5.82 Å². The lowest BCUT2D eigenvalue weighted by Crippen LogP contribution is -2.42. The van der Waals surface area contributed by atoms with Crippen LogP contribution in [0.2, 0.25) is 0 Å². The quantitative estimate of drug-likeness (QED) is 0.917. The maximum absolute atomic E-state index is 13.9. The highest BCUT2D eigenvalue weighted by atomic mass is 32.1. The lowest BCUT2D eigenvalue weighted by atomic mass is 10.1. The summed E-state index contributed by atoms with van der Waals surface area (Å²) < 4.78 is 23.2. The zero-order valence-electron chi connectivity index (χ0n) is 12.5. The van der Waals surface area contributed by atoms with Crippen LogP contribution in [0.4, 0.5) is 15.2 Å². The fourth-order valence-corrected chi connectivity index (χ4v) is 3.35. The smallest absolute Gasteiger partial charge is 0.202 e. The molecule has 7 heteroatoms. The predicted octanol–water partition coefficient (Wildman–Crippen LogP) is 2.90. The van der Waals surface area contributed by atoms with E-state index < -0.39 is 0 Å². The van der Waals surface area contributed by atoms with Crippen LogP contribution in [0.15, 0.2) is 24.3 Å². The Kier molecular flexibility index (Phi) is 4.84. The molecule has 0 spiro atoms. The van der Waals surface area contributed by atoms with Gasteiger partial charge in [0.25, 0.3) is 0 Å². The number of para-hydroxylation sites is 1. The monoisotopic (exact) mass is 322 g/mol. The molecule has 0 radical (unpaired) electrons. The van der Waals surface area contributed by atoms with E-state index in [-0.39, 0.29) is 11.9 Å². The normalized spacial score (nSPS) is 18.5. The number of anilines is 2. The highest BCUT2D eigenvalue weighted by molar-refractivity contribution is 7.09. The average molecular weight is 322 g/mol. The summed E-state index contributed by atoms with van der Waals surface area (Å²) in [6, 6.07) is 7.18. The van der Waals surface area contributed by atoms with E-state index in [1.807, 2.05) is 12.1 Å². The van der Waals surface area contributed by atoms with E-state index in [1.54, 1.807) is 13.2 Å². The number of rotatable bonds is 5. The molecule has 118 valence electrons. The number of methoxy groups -OCH3 is 1. The van der Waals surface area contributed by atoms with Gasteiger partial charge >= 0.3 is 0 Å². The van der Waals surface area contributed by atoms with Crippen molar-refractivity contribution in [3.05, 3.63) is 35.9 Å². The van der Waals surface area contributed by atoms with Gasteiger partial charge < -0.3 is 15.0 Å². The molecule has 5 nitrogen and oxygen atoms in total. The first-order valence-electron chi connectivity index (χ1n) is 7.34. The summed E-state index contributed by atoms with van der Waals surface area (Å²) >= 11 is 1.34. The van der Waals surface area contributed by atoms with Crippen LogP contribution < -0.4 is 10.2 Å². The number of ether oxygens (including phenoxy) is 1. The zero-order chi connectivity index (χ0) is 15.4. The molecule has 1 N–H and O–H groups in total. The molecule has 1 saturated heterocycles. The Morgan fingerprint density at radius 1 is 1.45 bits per heavy atom. The number of benzene rings is 1. The number of piperidine rings is 1. The van der Waals surface area contributed by atoms with Crippen LogP contribution in [0.5, 0.6) is 0 Å². The molecule has 1 atom stereocenters. The van der Waals surface area contributed by atoms with Gasteiger partial charge in [-0.1, -0.05) is 12.1 Å². The second-order valence-electron chi connectivity index (χ2n) is 5.33. The third kappa shape index (κ3) is 3.53. The summed E-state index contributed by atoms with van der Waals surface area (Å²) in [6.07, 6.45) is 2.07. The highest BCUT2D eigenvalue weighted by Gasteiger charge is 2.22. The second kappa shape index (κ2) is 7.02. The van der Waals surface area contributed by atoms with E-state index in [9.17, 15) is 4.39 Å². The maximum Gasteiger partial charge on any atom is 0.202 e. The minimum absolute atomic E-state index is 0.165. The van der Waals surface area contributed by atoms with Crippen molar-refractivity contribution < 1.29 is 9.13 Å². The summed E-state index contributed by atoms with van der Waals surface area (Å²) in [6.45, 7) is 2.06. The molecule has 2 heterocycles. The second-order valence-corrected chi connectivity index (χ2v) is 6.08. The van der Waals surface area contributed by atoms with E-state index in [4.69, 9.17) is 4.74 Å². The van der Waals surface area contributed by atoms with Gasteiger partial charge in [-0.15, -0.1) is 0 Å². The van der Waals surface area contributed by atoms with Crippen molar-refractivity contribution in [2.75, 3.05) is 30.4 Å². The Morgan fingerprint density at radius 2 is 2.32 bits per heavy atom. The van der Waals surface area contributed by atoms with Gasteiger partial charge in [-0.05, 0) is 25.0 Å². The largest absolute Gasteiger partial charge is 0.377 e. The number of hydrogen-bond donors (Lipinski definition) is 1. The highest BCUT2D eigenvalue weighted by Crippen LogP contribution is 2.24. The molecule has 0 saturated carbocycles. The topological polar surface area (TPSA) is 50.3 Å². The standard InChI is InChI=1S/C15H19FN4OS/c1-21-10-14-18-15(22-19-14)17-11-5-4-8-20(9-11)13-7-3-2-6-12(13)16/h2-3,6-7,11H,4-5,8-10H2,1H3,(H,17,18,19). The SMILES string of the molecule is COCc1nsc(NC2CCCN(c3ccccc3F)C2)n1. The van der Waals surface area contributed by atoms with Gasteiger partial charge in [-0.2, -0.15) is 4.37 Å². The summed E-state index contributed by atoms with van der Waals surface area (Å²) in [4.78, 5) is 6.48. The van der Waals surface area contributed by atoms with E-state index in [0.29, 0.717) is 18.1 Å². The summed E-state index contributed by atoms with van der Waals surface area (Å²) in [5.41, 5.74) is 0.673. The van der Waals surface area contributed by atoms with E-state index in [2.05, 4.69) is 19.6 Å². The molecule has 3 rings (SSSR count). The Balaban J connectivity index is 1.64. The Labute approximate surface area is 133 Å². The van der Waals surface area contributed by atoms with Gasteiger partial charge in [0, 0.05) is 37.8 Å². The van der Waals surface area contributed by atoms with Crippen LogP contribution >= 0.6 is 11.5 Å². The van der Waals surface area contributed by atoms with Gasteiger partial charge in [-0.25, -0.2) is 9.37 Å². The molecular weight excluding hydrogens is 303 g/mol.